The fourth-order valence-corrected chi connectivity index (χ4v) is 2.11. The van der Waals surface area contributed by atoms with Crippen molar-refractivity contribution in [2.75, 3.05) is 19.5 Å². The van der Waals surface area contributed by atoms with Crippen LogP contribution in [0.1, 0.15) is 11.3 Å². The Labute approximate surface area is 151 Å². The summed E-state index contributed by atoms with van der Waals surface area (Å²) in [7, 11) is 4.30. The van der Waals surface area contributed by atoms with Gasteiger partial charge in [0.2, 0.25) is 0 Å². The van der Waals surface area contributed by atoms with Crippen molar-refractivity contribution in [3.63, 3.8) is 0 Å². The maximum absolute atomic E-state index is 11.9. The molecule has 0 saturated heterocycles. The molecule has 138 valence electrons. The maximum Gasteiger partial charge on any atom is 0.354 e. The van der Waals surface area contributed by atoms with E-state index in [1.807, 2.05) is 14.0 Å². The number of benzene rings is 1. The Morgan fingerprint density at radius 3 is 2.58 bits per heavy atom. The van der Waals surface area contributed by atoms with Crippen LogP contribution in [0.25, 0.3) is 0 Å². The largest absolute Gasteiger partial charge is 0.487 e. The number of esters is 2. The Morgan fingerprint density at radius 1 is 1.23 bits per heavy atom. The van der Waals surface area contributed by atoms with Crippen LogP contribution in [0.5, 0.6) is 5.75 Å². The molecule has 0 fully saturated rings. The minimum atomic E-state index is -0.701. The van der Waals surface area contributed by atoms with Crippen LogP contribution < -0.4 is 10.1 Å². The van der Waals surface area contributed by atoms with Gasteiger partial charge in [0, 0.05) is 18.3 Å². The number of para-hydroxylation sites is 2. The Balaban J connectivity index is 2.21. The van der Waals surface area contributed by atoms with Gasteiger partial charge in [-0.1, -0.05) is 12.1 Å². The van der Waals surface area contributed by atoms with E-state index in [0.717, 1.165) is 17.3 Å². The quantitative estimate of drug-likeness (QED) is 0.597. The highest BCUT2D eigenvalue weighted by atomic mass is 16.5. The monoisotopic (exact) mass is 359 g/mol. The fraction of sp³-hybridized carbons (Fsp3) is 0.278. The van der Waals surface area contributed by atoms with Crippen LogP contribution in [0, 0.1) is 6.92 Å². The summed E-state index contributed by atoms with van der Waals surface area (Å²) in [5, 5.41) is 7.03. The van der Waals surface area contributed by atoms with Crippen LogP contribution in [0.2, 0.25) is 0 Å². The molecule has 26 heavy (non-hydrogen) atoms. The van der Waals surface area contributed by atoms with Gasteiger partial charge < -0.3 is 19.5 Å². The first-order chi connectivity index (χ1) is 12.5. The molecule has 1 heterocycles. The normalized spacial score (nSPS) is 11.0. The number of hydrogen-bond acceptors (Lipinski definition) is 7. The predicted octanol–water partition coefficient (Wildman–Crippen LogP) is 1.95. The molecule has 0 saturated carbocycles. The van der Waals surface area contributed by atoms with Crippen LogP contribution in [-0.2, 0) is 32.7 Å². The third-order valence-corrected chi connectivity index (χ3v) is 3.75. The van der Waals surface area contributed by atoms with Gasteiger partial charge in [-0.3, -0.25) is 4.68 Å². The van der Waals surface area contributed by atoms with Gasteiger partial charge in [0.1, 0.15) is 18.1 Å². The van der Waals surface area contributed by atoms with Gasteiger partial charge in [-0.15, -0.1) is 0 Å². The van der Waals surface area contributed by atoms with Crippen LogP contribution in [0.3, 0.4) is 0 Å². The lowest BCUT2D eigenvalue weighted by atomic mass is 10.2. The molecule has 0 aliphatic rings. The number of aromatic nitrogens is 2. The highest BCUT2D eigenvalue weighted by Gasteiger charge is 2.15. The number of hydrogen-bond donors (Lipinski definition) is 1. The number of ether oxygens (including phenoxy) is 3. The van der Waals surface area contributed by atoms with E-state index in [0.29, 0.717) is 18.0 Å². The van der Waals surface area contributed by atoms with Crippen LogP contribution in [0.15, 0.2) is 42.2 Å². The molecule has 0 aliphatic heterocycles. The van der Waals surface area contributed by atoms with E-state index in [2.05, 4.69) is 19.9 Å². The molecule has 0 unspecified atom stereocenters. The van der Waals surface area contributed by atoms with Gasteiger partial charge in [-0.05, 0) is 19.1 Å². The first-order valence-electron chi connectivity index (χ1n) is 7.80. The SMILES string of the molecule is COC(=O)/C=C(/Nc1ccccc1OCc1cnn(C)c1C)C(=O)OC. The van der Waals surface area contributed by atoms with Crippen molar-refractivity contribution >= 4 is 17.6 Å². The van der Waals surface area contributed by atoms with E-state index in [1.165, 1.54) is 14.2 Å². The summed E-state index contributed by atoms with van der Waals surface area (Å²) in [4.78, 5) is 23.4. The zero-order valence-corrected chi connectivity index (χ0v) is 15.1. The minimum absolute atomic E-state index is 0.0621. The predicted molar refractivity (Wildman–Crippen MR) is 94.5 cm³/mol. The van der Waals surface area contributed by atoms with Crippen LogP contribution in [-0.4, -0.2) is 35.9 Å². The average Bonchev–Trinajstić information content (AvgIpc) is 2.97. The zero-order valence-electron chi connectivity index (χ0n) is 15.1. The lowest BCUT2D eigenvalue weighted by Gasteiger charge is -2.14. The minimum Gasteiger partial charge on any atom is -0.487 e. The molecule has 1 aromatic carbocycles. The summed E-state index contributed by atoms with van der Waals surface area (Å²) in [6.45, 7) is 2.26. The molecule has 0 bridgehead atoms. The molecule has 1 aromatic heterocycles. The number of anilines is 1. The second kappa shape index (κ2) is 8.70. The molecule has 2 rings (SSSR count). The number of aryl methyl sites for hydroxylation is 1. The maximum atomic E-state index is 11.9. The van der Waals surface area contributed by atoms with Gasteiger partial charge >= 0.3 is 11.9 Å². The number of carbonyl (C=O) groups excluding carboxylic acids is 2. The van der Waals surface area contributed by atoms with Crippen molar-refractivity contribution in [3.05, 3.63) is 53.5 Å². The summed E-state index contributed by atoms with van der Waals surface area (Å²) in [6.07, 6.45) is 2.76. The summed E-state index contributed by atoms with van der Waals surface area (Å²) in [5.74, 6) is -0.869. The van der Waals surface area contributed by atoms with Crippen molar-refractivity contribution < 1.29 is 23.8 Å². The molecule has 0 amide bonds. The van der Waals surface area contributed by atoms with Gasteiger partial charge in [0.15, 0.2) is 0 Å². The third-order valence-electron chi connectivity index (χ3n) is 3.75. The first-order valence-corrected chi connectivity index (χ1v) is 7.80. The molecule has 8 nitrogen and oxygen atoms in total. The van der Waals surface area contributed by atoms with Crippen molar-refractivity contribution in [2.24, 2.45) is 7.05 Å². The molecule has 0 atom stereocenters. The topological polar surface area (TPSA) is 91.7 Å². The van der Waals surface area contributed by atoms with E-state index in [4.69, 9.17) is 4.74 Å². The fourth-order valence-electron chi connectivity index (χ4n) is 2.11. The van der Waals surface area contributed by atoms with E-state index >= 15 is 0 Å². The second-order valence-electron chi connectivity index (χ2n) is 5.36. The Bertz CT molecular complexity index is 826. The van der Waals surface area contributed by atoms with E-state index < -0.39 is 11.9 Å². The summed E-state index contributed by atoms with van der Waals surface area (Å²) >= 11 is 0. The smallest absolute Gasteiger partial charge is 0.354 e. The summed E-state index contributed by atoms with van der Waals surface area (Å²) in [5.41, 5.74) is 2.39. The number of rotatable bonds is 7. The van der Waals surface area contributed by atoms with E-state index in [-0.39, 0.29) is 5.70 Å². The number of nitrogens with one attached hydrogen (secondary N) is 1. The molecule has 0 spiro atoms. The van der Waals surface area contributed by atoms with Gasteiger partial charge in [-0.25, -0.2) is 9.59 Å². The summed E-state index contributed by atoms with van der Waals surface area (Å²) in [6, 6.07) is 7.05. The molecule has 0 aliphatic carbocycles. The first kappa shape index (κ1) is 19.0. The van der Waals surface area contributed by atoms with Gasteiger partial charge in [0.25, 0.3) is 0 Å². The van der Waals surface area contributed by atoms with Gasteiger partial charge in [0.05, 0.1) is 32.2 Å². The van der Waals surface area contributed by atoms with Crippen molar-refractivity contribution in [3.8, 4) is 5.75 Å². The molecule has 2 aromatic rings. The molecule has 8 heteroatoms. The molecule has 0 radical (unpaired) electrons. The standard InChI is InChI=1S/C18H21N3O5/c1-12-13(10-19-21(12)2)11-26-16-8-6-5-7-14(16)20-15(18(23)25-4)9-17(22)24-3/h5-10,20H,11H2,1-4H3/b15-9+. The number of nitrogens with zero attached hydrogens (tertiary/aromatic N) is 2. The molecule has 1 N–H and O–H groups in total. The molecular weight excluding hydrogens is 338 g/mol. The average molecular weight is 359 g/mol. The summed E-state index contributed by atoms with van der Waals surface area (Å²) < 4.78 is 16.9. The van der Waals surface area contributed by atoms with E-state index in [9.17, 15) is 9.59 Å². The Hall–Kier alpha value is -3.29. The van der Waals surface area contributed by atoms with Crippen LogP contribution >= 0.6 is 0 Å². The third kappa shape index (κ3) is 4.62. The van der Waals surface area contributed by atoms with Crippen LogP contribution in [0.4, 0.5) is 5.69 Å². The number of methoxy groups -OCH3 is 2. The lowest BCUT2D eigenvalue weighted by Crippen LogP contribution is -2.16. The Morgan fingerprint density at radius 2 is 1.96 bits per heavy atom. The van der Waals surface area contributed by atoms with Crippen molar-refractivity contribution in [1.29, 1.82) is 0 Å². The van der Waals surface area contributed by atoms with Gasteiger partial charge in [-0.2, -0.15) is 5.10 Å². The van der Waals surface area contributed by atoms with E-state index in [1.54, 1.807) is 35.1 Å². The lowest BCUT2D eigenvalue weighted by molar-refractivity contribution is -0.138. The van der Waals surface area contributed by atoms with Crippen molar-refractivity contribution in [1.82, 2.24) is 9.78 Å². The molecular formula is C18H21N3O5. The second-order valence-corrected chi connectivity index (χ2v) is 5.36. The van der Waals surface area contributed by atoms with Crippen molar-refractivity contribution in [2.45, 2.75) is 13.5 Å². The zero-order chi connectivity index (χ0) is 19.1. The highest BCUT2D eigenvalue weighted by molar-refractivity contribution is 5.99. The highest BCUT2D eigenvalue weighted by Crippen LogP contribution is 2.26. The Kier molecular flexibility index (Phi) is 6.37. The number of carbonyl (C=O) groups is 2.